The Balaban J connectivity index is 0.000000152. The third-order valence-electron chi connectivity index (χ3n) is 5.09. The number of rotatable bonds is 0. The van der Waals surface area contributed by atoms with E-state index in [-0.39, 0.29) is 34.6 Å². The number of aromatic hydroxyl groups is 3. The third kappa shape index (κ3) is 6.53. The fourth-order valence-electron chi connectivity index (χ4n) is 3.37. The van der Waals surface area contributed by atoms with E-state index in [1.165, 1.54) is 18.2 Å². The van der Waals surface area contributed by atoms with Crippen LogP contribution in [0.3, 0.4) is 0 Å². The second kappa shape index (κ2) is 12.8. The van der Waals surface area contributed by atoms with Crippen LogP contribution in [0.5, 0.6) is 17.2 Å². The van der Waals surface area contributed by atoms with Gasteiger partial charge in [0.15, 0.2) is 0 Å². The Labute approximate surface area is 237 Å². The van der Waals surface area contributed by atoms with E-state index >= 15 is 0 Å². The number of phenols is 3. The van der Waals surface area contributed by atoms with Crippen LogP contribution in [0.4, 0.5) is 0 Å². The summed E-state index contributed by atoms with van der Waals surface area (Å²) in [6, 6.07) is 20.4. The zero-order valence-corrected chi connectivity index (χ0v) is 22.5. The first kappa shape index (κ1) is 28.3. The zero-order valence-electron chi connectivity index (χ0n) is 19.1. The minimum Gasteiger partial charge on any atom is -0.506 e. The van der Waals surface area contributed by atoms with Crippen molar-refractivity contribution in [3.63, 3.8) is 0 Å². The Morgan fingerprint density at radius 1 is 0.432 bits per heavy atom. The molecule has 180 valence electrons. The number of phenolic OH excluding ortho intramolecular Hbond substituents is 3. The van der Waals surface area contributed by atoms with E-state index in [1.54, 1.807) is 55.0 Å². The smallest absolute Gasteiger partial charge is 0.506 e. The van der Waals surface area contributed by atoms with Crippen molar-refractivity contribution in [2.75, 3.05) is 0 Å². The van der Waals surface area contributed by atoms with E-state index in [4.69, 9.17) is 34.8 Å². The molecule has 6 rings (SSSR count). The SMILES string of the molecule is Oc1ccc(Cl)c2cccnc12.Oc1ccc(Cl)c2cccnc12.Oc1ccc(Cl)c2cccnc12.[Al+3]. The van der Waals surface area contributed by atoms with Crippen molar-refractivity contribution in [1.82, 2.24) is 15.0 Å². The van der Waals surface area contributed by atoms with E-state index in [2.05, 4.69) is 15.0 Å². The summed E-state index contributed by atoms with van der Waals surface area (Å²) in [5.41, 5.74) is 1.64. The summed E-state index contributed by atoms with van der Waals surface area (Å²) >= 11 is 17.6. The van der Waals surface area contributed by atoms with Crippen LogP contribution in [0.2, 0.25) is 15.1 Å². The van der Waals surface area contributed by atoms with Crippen molar-refractivity contribution in [1.29, 1.82) is 0 Å². The Kier molecular flexibility index (Phi) is 9.76. The summed E-state index contributed by atoms with van der Waals surface area (Å²) in [5, 5.41) is 32.3. The minimum absolute atomic E-state index is 0. The van der Waals surface area contributed by atoms with Crippen LogP contribution in [0, 0.1) is 0 Å². The van der Waals surface area contributed by atoms with Gasteiger partial charge in [-0.25, -0.2) is 0 Å². The molecule has 0 aliphatic heterocycles. The molecule has 0 amide bonds. The molecule has 6 aromatic rings. The summed E-state index contributed by atoms with van der Waals surface area (Å²) in [6.45, 7) is 0. The van der Waals surface area contributed by atoms with Gasteiger partial charge in [-0.1, -0.05) is 34.8 Å². The van der Waals surface area contributed by atoms with Gasteiger partial charge >= 0.3 is 17.4 Å². The molecule has 3 aromatic heterocycles. The Bertz CT molecular complexity index is 1370. The van der Waals surface area contributed by atoms with E-state index in [1.807, 2.05) is 18.2 Å². The molecule has 0 fully saturated rings. The Morgan fingerprint density at radius 3 is 0.946 bits per heavy atom. The fourth-order valence-corrected chi connectivity index (χ4v) is 4.02. The van der Waals surface area contributed by atoms with Crippen molar-refractivity contribution in [3.05, 3.63) is 106 Å². The second-order valence-corrected chi connectivity index (χ2v) is 8.62. The molecular weight excluding hydrogens is 548 g/mol. The number of benzene rings is 3. The van der Waals surface area contributed by atoms with Crippen LogP contribution in [0.15, 0.2) is 91.4 Å². The topological polar surface area (TPSA) is 99.4 Å². The monoisotopic (exact) mass is 564 g/mol. The van der Waals surface area contributed by atoms with Crippen molar-refractivity contribution in [2.45, 2.75) is 0 Å². The molecule has 3 heterocycles. The summed E-state index contributed by atoms with van der Waals surface area (Å²) in [4.78, 5) is 12.0. The number of fused-ring (bicyclic) bond motifs is 3. The van der Waals surface area contributed by atoms with Gasteiger partial charge in [0.05, 0.1) is 15.1 Å². The summed E-state index contributed by atoms with van der Waals surface area (Å²) < 4.78 is 0. The first-order valence-corrected chi connectivity index (χ1v) is 11.7. The predicted octanol–water partition coefficient (Wildman–Crippen LogP) is 7.40. The normalized spacial score (nSPS) is 10.1. The number of halogens is 3. The Hall–Kier alpha value is -3.31. The van der Waals surface area contributed by atoms with Crippen LogP contribution in [-0.4, -0.2) is 47.6 Å². The Morgan fingerprint density at radius 2 is 0.703 bits per heavy atom. The van der Waals surface area contributed by atoms with Gasteiger partial charge in [-0.15, -0.1) is 0 Å². The summed E-state index contributed by atoms with van der Waals surface area (Å²) in [6.07, 6.45) is 4.87. The second-order valence-electron chi connectivity index (χ2n) is 7.40. The molecule has 0 bridgehead atoms. The van der Waals surface area contributed by atoms with Gasteiger partial charge in [0.25, 0.3) is 0 Å². The summed E-state index contributed by atoms with van der Waals surface area (Å²) in [7, 11) is 0. The van der Waals surface area contributed by atoms with Gasteiger partial charge < -0.3 is 15.3 Å². The predicted molar refractivity (Wildman–Crippen MR) is 151 cm³/mol. The molecule has 3 aromatic carbocycles. The number of hydrogen-bond donors (Lipinski definition) is 3. The minimum atomic E-state index is 0. The molecule has 0 saturated carbocycles. The van der Waals surface area contributed by atoms with Gasteiger partial charge in [-0.2, -0.15) is 0 Å². The number of nitrogens with zero attached hydrogens (tertiary/aromatic N) is 3. The van der Waals surface area contributed by atoms with Gasteiger partial charge in [0, 0.05) is 34.7 Å². The van der Waals surface area contributed by atoms with Gasteiger partial charge in [-0.05, 0) is 72.8 Å². The van der Waals surface area contributed by atoms with E-state index in [0.29, 0.717) is 31.6 Å². The molecule has 0 saturated heterocycles. The van der Waals surface area contributed by atoms with Crippen molar-refractivity contribution in [3.8, 4) is 17.2 Å². The maximum Gasteiger partial charge on any atom is 3.00 e. The van der Waals surface area contributed by atoms with Crippen LogP contribution >= 0.6 is 34.8 Å². The number of aromatic nitrogens is 3. The molecule has 37 heavy (non-hydrogen) atoms. The molecule has 0 spiro atoms. The molecule has 6 nitrogen and oxygen atoms in total. The molecule has 0 radical (unpaired) electrons. The first-order valence-electron chi connectivity index (χ1n) is 10.5. The molecule has 0 aliphatic rings. The third-order valence-corrected chi connectivity index (χ3v) is 6.07. The molecule has 3 N–H and O–H groups in total. The quantitative estimate of drug-likeness (QED) is 0.166. The average Bonchev–Trinajstić information content (AvgIpc) is 2.92. The number of pyridine rings is 3. The van der Waals surface area contributed by atoms with E-state index < -0.39 is 0 Å². The van der Waals surface area contributed by atoms with Crippen LogP contribution in [0.1, 0.15) is 0 Å². The van der Waals surface area contributed by atoms with Crippen molar-refractivity contribution in [2.24, 2.45) is 0 Å². The molecular formula is C27H18AlCl3N3O3+3. The van der Waals surface area contributed by atoms with Gasteiger partial charge in [0.2, 0.25) is 0 Å². The molecule has 0 atom stereocenters. The maximum absolute atomic E-state index is 9.37. The van der Waals surface area contributed by atoms with Crippen LogP contribution in [-0.2, 0) is 0 Å². The first-order chi connectivity index (χ1) is 17.4. The van der Waals surface area contributed by atoms with Crippen molar-refractivity contribution < 1.29 is 15.3 Å². The number of hydrogen-bond acceptors (Lipinski definition) is 6. The van der Waals surface area contributed by atoms with Crippen LogP contribution in [0.25, 0.3) is 32.7 Å². The van der Waals surface area contributed by atoms with Gasteiger partial charge in [-0.3, -0.25) is 15.0 Å². The largest absolute Gasteiger partial charge is 3.00 e. The molecule has 10 heteroatoms. The zero-order chi connectivity index (χ0) is 25.7. The van der Waals surface area contributed by atoms with Gasteiger partial charge in [0.1, 0.15) is 33.8 Å². The maximum atomic E-state index is 9.37. The van der Waals surface area contributed by atoms with E-state index in [9.17, 15) is 15.3 Å². The summed E-state index contributed by atoms with van der Waals surface area (Å²) in [5.74, 6) is 0.486. The van der Waals surface area contributed by atoms with E-state index in [0.717, 1.165) is 16.2 Å². The molecule has 0 aliphatic carbocycles. The van der Waals surface area contributed by atoms with Crippen molar-refractivity contribution >= 4 is 84.9 Å². The average molecular weight is 566 g/mol. The van der Waals surface area contributed by atoms with Crippen LogP contribution < -0.4 is 0 Å². The standard InChI is InChI=1S/3C9H6ClNO.Al/c3*10-7-3-4-8(12)9-6(7)2-1-5-11-9;/h3*1-5,12H;/q;;;+3. The fraction of sp³-hybridized carbons (Fsp3) is 0. The molecule has 0 unspecified atom stereocenters.